The van der Waals surface area contributed by atoms with Crippen molar-refractivity contribution in [3.63, 3.8) is 0 Å². The highest BCUT2D eigenvalue weighted by atomic mass is 16.5. The van der Waals surface area contributed by atoms with Gasteiger partial charge in [-0.3, -0.25) is 14.4 Å². The topological polar surface area (TPSA) is 63.7 Å². The third-order valence-corrected chi connectivity index (χ3v) is 7.72. The third-order valence-electron chi connectivity index (χ3n) is 7.72. The quantitative estimate of drug-likeness (QED) is 0.642. The van der Waals surface area contributed by atoms with Crippen molar-refractivity contribution in [3.05, 3.63) is 22.8 Å². The van der Waals surface area contributed by atoms with Gasteiger partial charge >= 0.3 is 0 Å². The van der Waals surface area contributed by atoms with E-state index in [1.54, 1.807) is 0 Å². The predicted octanol–water partition coefficient (Wildman–Crippen LogP) is 4.02. The second kappa shape index (κ2) is 8.41. The normalized spacial score (nSPS) is 30.6. The van der Waals surface area contributed by atoms with E-state index < -0.39 is 5.92 Å². The number of carbonyl (C=O) groups excluding carboxylic acids is 3. The van der Waals surface area contributed by atoms with Gasteiger partial charge in [-0.2, -0.15) is 0 Å². The van der Waals surface area contributed by atoms with E-state index in [0.29, 0.717) is 32.5 Å². The number of rotatable bonds is 2. The molecule has 1 saturated carbocycles. The Bertz CT molecular complexity index is 774. The van der Waals surface area contributed by atoms with Crippen LogP contribution < -0.4 is 0 Å². The second-order valence-electron chi connectivity index (χ2n) is 10.1. The van der Waals surface area contributed by atoms with Gasteiger partial charge in [0.1, 0.15) is 17.7 Å². The molecule has 1 amide bonds. The molecule has 5 nitrogen and oxygen atoms in total. The zero-order chi connectivity index (χ0) is 21.5. The van der Waals surface area contributed by atoms with Gasteiger partial charge < -0.3 is 9.64 Å². The summed E-state index contributed by atoms with van der Waals surface area (Å²) in [5.74, 6) is -0.0244. The number of nitrogens with zero attached hydrogens (tertiary/aromatic N) is 1. The zero-order valence-corrected chi connectivity index (χ0v) is 18.7. The smallest absolute Gasteiger partial charge is 0.251 e. The largest absolute Gasteiger partial charge is 0.368 e. The molecule has 3 fully saturated rings. The molecule has 2 aliphatic heterocycles. The van der Waals surface area contributed by atoms with Crippen LogP contribution in [-0.4, -0.2) is 48.2 Å². The van der Waals surface area contributed by atoms with Gasteiger partial charge in [-0.1, -0.05) is 24.1 Å². The average molecular weight is 414 g/mol. The second-order valence-corrected chi connectivity index (χ2v) is 10.1. The van der Waals surface area contributed by atoms with Crippen LogP contribution in [0, 0.1) is 17.3 Å². The van der Waals surface area contributed by atoms with E-state index in [-0.39, 0.29) is 34.9 Å². The Morgan fingerprint density at radius 2 is 1.77 bits per heavy atom. The average Bonchev–Trinajstić information content (AvgIpc) is 2.70. The highest BCUT2D eigenvalue weighted by Crippen LogP contribution is 2.47. The van der Waals surface area contributed by atoms with Crippen LogP contribution in [0.1, 0.15) is 72.1 Å². The standard InChI is InChI=1S/C25H35NO4/c1-16-12-17(2)22(18(3)13-16)23-19(27)14-25(15-20(23)28)7-9-26(10-8-25)24(29)21-6-4-5-11-30-21/h12,18,21,23H,4-11,13-15H2,1-3H3. The summed E-state index contributed by atoms with van der Waals surface area (Å²) in [7, 11) is 0. The number of likely N-dealkylation sites (tertiary alicyclic amines) is 1. The fraction of sp³-hybridized carbons (Fsp3) is 0.720. The van der Waals surface area contributed by atoms with E-state index in [4.69, 9.17) is 4.74 Å². The molecule has 0 radical (unpaired) electrons. The molecule has 164 valence electrons. The molecule has 30 heavy (non-hydrogen) atoms. The summed E-state index contributed by atoms with van der Waals surface area (Å²) < 4.78 is 5.66. The molecule has 0 aromatic heterocycles. The minimum Gasteiger partial charge on any atom is -0.368 e. The Kier molecular flexibility index (Phi) is 6.02. The van der Waals surface area contributed by atoms with E-state index in [9.17, 15) is 14.4 Å². The predicted molar refractivity (Wildman–Crippen MR) is 115 cm³/mol. The van der Waals surface area contributed by atoms with Crippen molar-refractivity contribution in [2.75, 3.05) is 19.7 Å². The number of hydrogen-bond acceptors (Lipinski definition) is 4. The minimum absolute atomic E-state index is 0.0925. The molecule has 2 saturated heterocycles. The number of allylic oxidation sites excluding steroid dienone is 4. The van der Waals surface area contributed by atoms with Gasteiger partial charge in [0, 0.05) is 32.5 Å². The van der Waals surface area contributed by atoms with Crippen LogP contribution >= 0.6 is 0 Å². The molecule has 0 bridgehead atoms. The monoisotopic (exact) mass is 413 g/mol. The molecule has 2 aliphatic carbocycles. The first-order valence-electron chi connectivity index (χ1n) is 11.6. The molecule has 4 aliphatic rings. The Labute approximate surface area is 179 Å². The van der Waals surface area contributed by atoms with E-state index >= 15 is 0 Å². The molecule has 2 unspecified atom stereocenters. The van der Waals surface area contributed by atoms with E-state index in [2.05, 4.69) is 19.9 Å². The summed E-state index contributed by atoms with van der Waals surface area (Å²) in [6.45, 7) is 8.22. The third kappa shape index (κ3) is 4.05. The summed E-state index contributed by atoms with van der Waals surface area (Å²) in [6, 6.07) is 0. The number of Topliss-reactive ketones (excluding diaryl/α,β-unsaturated/α-hetero) is 2. The zero-order valence-electron chi connectivity index (χ0n) is 18.7. The maximum absolute atomic E-state index is 13.2. The lowest BCUT2D eigenvalue weighted by atomic mass is 9.61. The lowest BCUT2D eigenvalue weighted by molar-refractivity contribution is -0.150. The van der Waals surface area contributed by atoms with Crippen molar-refractivity contribution >= 4 is 17.5 Å². The number of ketones is 2. The van der Waals surface area contributed by atoms with Crippen LogP contribution in [-0.2, 0) is 19.1 Å². The van der Waals surface area contributed by atoms with Gasteiger partial charge in [0.05, 0.1) is 5.92 Å². The van der Waals surface area contributed by atoms with E-state index in [1.165, 1.54) is 5.57 Å². The molecule has 2 atom stereocenters. The number of hydrogen-bond donors (Lipinski definition) is 0. The van der Waals surface area contributed by atoms with Gasteiger partial charge in [0.2, 0.25) is 0 Å². The lowest BCUT2D eigenvalue weighted by Gasteiger charge is -2.46. The first-order chi connectivity index (χ1) is 14.3. The molecule has 4 rings (SSSR count). The van der Waals surface area contributed by atoms with Crippen LogP contribution in [0.15, 0.2) is 22.8 Å². The van der Waals surface area contributed by atoms with Crippen LogP contribution in [0.4, 0.5) is 0 Å². The number of ether oxygens (including phenoxy) is 1. The summed E-state index contributed by atoms with van der Waals surface area (Å²) >= 11 is 0. The maximum Gasteiger partial charge on any atom is 0.251 e. The van der Waals surface area contributed by atoms with Gasteiger partial charge in [0.15, 0.2) is 0 Å². The van der Waals surface area contributed by atoms with Crippen LogP contribution in [0.2, 0.25) is 0 Å². The number of amides is 1. The Morgan fingerprint density at radius 3 is 2.33 bits per heavy atom. The molecule has 0 aromatic carbocycles. The molecule has 0 N–H and O–H groups in total. The summed E-state index contributed by atoms with van der Waals surface area (Å²) in [5.41, 5.74) is 3.21. The Balaban J connectivity index is 1.43. The van der Waals surface area contributed by atoms with Crippen molar-refractivity contribution in [2.45, 2.75) is 78.2 Å². The van der Waals surface area contributed by atoms with Crippen molar-refractivity contribution in [2.24, 2.45) is 17.3 Å². The van der Waals surface area contributed by atoms with Crippen molar-refractivity contribution in [1.82, 2.24) is 4.90 Å². The van der Waals surface area contributed by atoms with Crippen LogP contribution in [0.5, 0.6) is 0 Å². The Morgan fingerprint density at radius 1 is 1.10 bits per heavy atom. The van der Waals surface area contributed by atoms with Crippen molar-refractivity contribution in [1.29, 1.82) is 0 Å². The molecule has 1 spiro atoms. The Hall–Kier alpha value is -1.75. The fourth-order valence-electron chi connectivity index (χ4n) is 6.23. The SMILES string of the molecule is CC1=CC(C)=C(C2C(=O)CC3(CCN(C(=O)C4CCCCO4)CC3)CC2=O)C(C)C1. The van der Waals surface area contributed by atoms with Crippen molar-refractivity contribution < 1.29 is 19.1 Å². The molecule has 5 heteroatoms. The maximum atomic E-state index is 13.2. The summed E-state index contributed by atoms with van der Waals surface area (Å²) in [6.07, 6.45) is 8.06. The first-order valence-corrected chi connectivity index (χ1v) is 11.6. The van der Waals surface area contributed by atoms with E-state index in [0.717, 1.165) is 49.7 Å². The molecular weight excluding hydrogens is 378 g/mol. The first kappa shape index (κ1) is 21.5. The van der Waals surface area contributed by atoms with Gasteiger partial charge in [-0.15, -0.1) is 0 Å². The molecule has 0 aromatic rings. The van der Waals surface area contributed by atoms with Gasteiger partial charge in [-0.25, -0.2) is 0 Å². The lowest BCUT2D eigenvalue weighted by Crippen LogP contribution is -2.51. The highest BCUT2D eigenvalue weighted by molar-refractivity contribution is 6.08. The molecular formula is C25H35NO4. The minimum atomic E-state index is -0.551. The number of piperidine rings is 1. The summed E-state index contributed by atoms with van der Waals surface area (Å²) in [5, 5.41) is 0. The molecule has 2 heterocycles. The van der Waals surface area contributed by atoms with Gasteiger partial charge in [0.25, 0.3) is 5.91 Å². The van der Waals surface area contributed by atoms with E-state index in [1.807, 2.05) is 11.8 Å². The van der Waals surface area contributed by atoms with Gasteiger partial charge in [-0.05, 0) is 69.3 Å². The van der Waals surface area contributed by atoms with Crippen LogP contribution in [0.25, 0.3) is 0 Å². The van der Waals surface area contributed by atoms with Crippen molar-refractivity contribution in [3.8, 4) is 0 Å². The van der Waals surface area contributed by atoms with Crippen LogP contribution in [0.3, 0.4) is 0 Å². The number of carbonyl (C=O) groups is 3. The highest BCUT2D eigenvalue weighted by Gasteiger charge is 2.49. The fourth-order valence-corrected chi connectivity index (χ4v) is 6.23. The summed E-state index contributed by atoms with van der Waals surface area (Å²) in [4.78, 5) is 41.1.